The standard InChI is InChI=1S/C32H32Cl6O8/c1-13-7-14(2)31(13,5)11-43-27(39)21-23(37)17(33)9-19(35)25(21)45-29(41)30(42)46-26-20(36)10-18(34)24(38)22(26)28(40)44-12-32(6)15(3)8-16(32)4/h9-10,13-16H,7-8,11-12H2,1-6H3. The van der Waals surface area contributed by atoms with Crippen molar-refractivity contribution in [1.29, 1.82) is 0 Å². The van der Waals surface area contributed by atoms with Crippen LogP contribution in [0.25, 0.3) is 0 Å². The number of carbonyl (C=O) groups is 4. The Morgan fingerprint density at radius 1 is 0.609 bits per heavy atom. The first-order valence-electron chi connectivity index (χ1n) is 14.5. The smallest absolute Gasteiger partial charge is 0.423 e. The van der Waals surface area contributed by atoms with Gasteiger partial charge in [-0.2, -0.15) is 0 Å². The Hall–Kier alpha value is -1.94. The maximum absolute atomic E-state index is 13.2. The van der Waals surface area contributed by atoms with E-state index < -0.39 is 46.5 Å². The number of benzene rings is 2. The lowest BCUT2D eigenvalue weighted by Gasteiger charge is -2.51. The molecule has 4 rings (SSSR count). The molecular weight excluding hydrogens is 725 g/mol. The third kappa shape index (κ3) is 6.81. The van der Waals surface area contributed by atoms with E-state index in [0.717, 1.165) is 25.0 Å². The second-order valence-corrected chi connectivity index (χ2v) is 15.1. The number of rotatable bonds is 8. The fraction of sp³-hybridized carbons (Fsp3) is 0.500. The number of hydrogen-bond donors (Lipinski definition) is 0. The Kier molecular flexibility index (Phi) is 11.1. The van der Waals surface area contributed by atoms with E-state index in [1.54, 1.807) is 0 Å². The van der Waals surface area contributed by atoms with E-state index >= 15 is 0 Å². The molecule has 0 radical (unpaired) electrons. The van der Waals surface area contributed by atoms with Crippen LogP contribution in [-0.2, 0) is 19.1 Å². The quantitative estimate of drug-likeness (QED) is 0.114. The molecule has 4 unspecified atom stereocenters. The fourth-order valence-electron chi connectivity index (χ4n) is 5.93. The Bertz CT molecular complexity index is 1470. The van der Waals surface area contributed by atoms with Gasteiger partial charge in [0.25, 0.3) is 0 Å². The largest absolute Gasteiger partial charge is 0.461 e. The van der Waals surface area contributed by atoms with E-state index in [-0.39, 0.29) is 54.2 Å². The van der Waals surface area contributed by atoms with Gasteiger partial charge in [-0.05, 0) is 48.6 Å². The van der Waals surface area contributed by atoms with Gasteiger partial charge in [-0.15, -0.1) is 0 Å². The van der Waals surface area contributed by atoms with Crippen LogP contribution in [0.5, 0.6) is 11.5 Å². The van der Waals surface area contributed by atoms with Crippen LogP contribution in [0, 0.1) is 34.5 Å². The molecule has 0 bridgehead atoms. The molecule has 0 spiro atoms. The summed E-state index contributed by atoms with van der Waals surface area (Å²) >= 11 is 37.5. The van der Waals surface area contributed by atoms with E-state index in [1.165, 1.54) is 0 Å². The van der Waals surface area contributed by atoms with Crippen molar-refractivity contribution < 1.29 is 38.1 Å². The van der Waals surface area contributed by atoms with Crippen LogP contribution >= 0.6 is 69.6 Å². The third-order valence-electron chi connectivity index (χ3n) is 10.2. The summed E-state index contributed by atoms with van der Waals surface area (Å²) in [5, 5.41) is -1.50. The van der Waals surface area contributed by atoms with Gasteiger partial charge in [0.15, 0.2) is 11.5 Å². The Morgan fingerprint density at radius 3 is 1.20 bits per heavy atom. The number of halogens is 6. The van der Waals surface area contributed by atoms with Crippen molar-refractivity contribution in [3.8, 4) is 11.5 Å². The number of hydrogen-bond acceptors (Lipinski definition) is 8. The molecule has 46 heavy (non-hydrogen) atoms. The molecule has 2 aromatic carbocycles. The van der Waals surface area contributed by atoms with Crippen molar-refractivity contribution in [1.82, 2.24) is 0 Å². The Morgan fingerprint density at radius 2 is 0.913 bits per heavy atom. The first-order chi connectivity index (χ1) is 21.3. The number of esters is 4. The first kappa shape index (κ1) is 36.9. The summed E-state index contributed by atoms with van der Waals surface area (Å²) in [6, 6.07) is 2.25. The second-order valence-electron chi connectivity index (χ2n) is 12.7. The maximum atomic E-state index is 13.2. The van der Waals surface area contributed by atoms with Crippen molar-refractivity contribution in [2.75, 3.05) is 13.2 Å². The Balaban J connectivity index is 1.57. The molecule has 8 nitrogen and oxygen atoms in total. The topological polar surface area (TPSA) is 105 Å². The van der Waals surface area contributed by atoms with Crippen molar-refractivity contribution in [3.63, 3.8) is 0 Å². The summed E-state index contributed by atoms with van der Waals surface area (Å²) in [5.41, 5.74) is -1.49. The molecular formula is C32H32Cl6O8. The van der Waals surface area contributed by atoms with Gasteiger partial charge in [0, 0.05) is 10.8 Å². The Labute approximate surface area is 297 Å². The van der Waals surface area contributed by atoms with Gasteiger partial charge in [0.1, 0.15) is 11.1 Å². The monoisotopic (exact) mass is 754 g/mol. The predicted octanol–water partition coefficient (Wildman–Crippen LogP) is 9.80. The number of ether oxygens (including phenoxy) is 4. The summed E-state index contributed by atoms with van der Waals surface area (Å²) in [6.45, 7) is 12.3. The summed E-state index contributed by atoms with van der Waals surface area (Å²) in [6.07, 6.45) is 1.95. The molecule has 2 aliphatic carbocycles. The highest BCUT2D eigenvalue weighted by atomic mass is 35.5. The highest BCUT2D eigenvalue weighted by Crippen LogP contribution is 2.52. The summed E-state index contributed by atoms with van der Waals surface area (Å²) < 4.78 is 21.5. The van der Waals surface area contributed by atoms with Crippen LogP contribution in [0.2, 0.25) is 30.1 Å². The van der Waals surface area contributed by atoms with Gasteiger partial charge in [-0.3, -0.25) is 0 Å². The zero-order chi connectivity index (χ0) is 34.5. The lowest BCUT2D eigenvalue weighted by Crippen LogP contribution is -2.47. The van der Waals surface area contributed by atoms with Crippen molar-refractivity contribution in [2.45, 2.75) is 54.4 Å². The highest BCUT2D eigenvalue weighted by molar-refractivity contribution is 6.47. The number of carbonyl (C=O) groups excluding carboxylic acids is 4. The van der Waals surface area contributed by atoms with E-state index in [4.69, 9.17) is 88.6 Å². The molecule has 250 valence electrons. The third-order valence-corrected chi connectivity index (χ3v) is 12.3. The predicted molar refractivity (Wildman–Crippen MR) is 177 cm³/mol. The molecule has 0 aliphatic heterocycles. The minimum atomic E-state index is -1.64. The lowest BCUT2D eigenvalue weighted by molar-refractivity contribution is -0.156. The van der Waals surface area contributed by atoms with Crippen LogP contribution in [-0.4, -0.2) is 37.1 Å². The SMILES string of the molecule is CC1CC(C)C1(C)COC(=O)c1c(Cl)c(Cl)cc(Cl)c1OC(=O)C(=O)Oc1c(Cl)cc(Cl)c(Cl)c1C(=O)OCC1(C)C(C)CC1C. The minimum absolute atomic E-state index is 0.0513. The van der Waals surface area contributed by atoms with E-state index in [9.17, 15) is 19.2 Å². The molecule has 0 amide bonds. The summed E-state index contributed by atoms with van der Waals surface area (Å²) in [5.74, 6) is -5.22. The molecule has 4 atom stereocenters. The second kappa shape index (κ2) is 13.9. The van der Waals surface area contributed by atoms with Gasteiger partial charge in [0.05, 0.1) is 43.3 Å². The van der Waals surface area contributed by atoms with Crippen molar-refractivity contribution in [3.05, 3.63) is 53.4 Å². The van der Waals surface area contributed by atoms with Gasteiger partial charge in [0.2, 0.25) is 0 Å². The molecule has 2 aromatic rings. The van der Waals surface area contributed by atoms with Crippen LogP contribution in [0.4, 0.5) is 0 Å². The van der Waals surface area contributed by atoms with Gasteiger partial charge in [-0.25, -0.2) is 19.2 Å². The van der Waals surface area contributed by atoms with Crippen molar-refractivity contribution >= 4 is 93.5 Å². The zero-order valence-electron chi connectivity index (χ0n) is 25.8. The van der Waals surface area contributed by atoms with Crippen LogP contribution in [0.1, 0.15) is 75.1 Å². The van der Waals surface area contributed by atoms with Gasteiger partial charge in [-0.1, -0.05) is 111 Å². The van der Waals surface area contributed by atoms with Crippen LogP contribution in [0.3, 0.4) is 0 Å². The average molecular weight is 757 g/mol. The maximum Gasteiger partial charge on any atom is 0.423 e. The lowest BCUT2D eigenvalue weighted by atomic mass is 9.55. The summed E-state index contributed by atoms with van der Waals surface area (Å²) in [7, 11) is 0. The molecule has 0 N–H and O–H groups in total. The van der Waals surface area contributed by atoms with E-state index in [2.05, 4.69) is 27.7 Å². The zero-order valence-corrected chi connectivity index (χ0v) is 30.4. The van der Waals surface area contributed by atoms with Crippen molar-refractivity contribution in [2.24, 2.45) is 34.5 Å². The van der Waals surface area contributed by atoms with E-state index in [1.807, 2.05) is 13.8 Å². The first-order valence-corrected chi connectivity index (χ1v) is 16.7. The summed E-state index contributed by atoms with van der Waals surface area (Å²) in [4.78, 5) is 52.5. The molecule has 0 heterocycles. The molecule has 2 aliphatic rings. The molecule has 2 saturated carbocycles. The molecule has 2 fully saturated rings. The normalized spacial score (nSPS) is 26.8. The molecule has 14 heteroatoms. The average Bonchev–Trinajstić information content (AvgIpc) is 2.99. The molecule has 0 saturated heterocycles. The van der Waals surface area contributed by atoms with Crippen LogP contribution < -0.4 is 9.47 Å². The molecule has 0 aromatic heterocycles. The van der Waals surface area contributed by atoms with Gasteiger partial charge < -0.3 is 18.9 Å². The van der Waals surface area contributed by atoms with Crippen LogP contribution in [0.15, 0.2) is 12.1 Å². The highest BCUT2D eigenvalue weighted by Gasteiger charge is 2.48. The van der Waals surface area contributed by atoms with Gasteiger partial charge >= 0.3 is 23.9 Å². The van der Waals surface area contributed by atoms with E-state index in [0.29, 0.717) is 23.7 Å². The fourth-order valence-corrected chi connectivity index (χ4v) is 7.37. The minimum Gasteiger partial charge on any atom is -0.461 e.